The van der Waals surface area contributed by atoms with E-state index in [0.717, 1.165) is 0 Å². The van der Waals surface area contributed by atoms with Gasteiger partial charge in [-0.3, -0.25) is 4.79 Å². The number of benzene rings is 2. The first-order valence-electron chi connectivity index (χ1n) is 10.7. The Morgan fingerprint density at radius 2 is 1.74 bits per heavy atom. The largest absolute Gasteiger partial charge is 0.496 e. The van der Waals surface area contributed by atoms with Gasteiger partial charge >= 0.3 is 7.12 Å². The highest BCUT2D eigenvalue weighted by Gasteiger charge is 2.52. The minimum absolute atomic E-state index is 0.0412. The third-order valence-electron chi connectivity index (χ3n) is 5.81. The molecule has 1 N–H and O–H groups in total. The molecule has 0 saturated carbocycles. The fourth-order valence-corrected chi connectivity index (χ4v) is 4.60. The number of amides is 1. The van der Waals surface area contributed by atoms with E-state index in [9.17, 15) is 13.2 Å². The van der Waals surface area contributed by atoms with Gasteiger partial charge in [0.1, 0.15) is 6.34 Å². The summed E-state index contributed by atoms with van der Waals surface area (Å²) in [5, 5.41) is 3.22. The Hall–Kier alpha value is -2.40. The van der Waals surface area contributed by atoms with Crippen molar-refractivity contribution in [3.05, 3.63) is 53.1 Å². The Morgan fingerprint density at radius 1 is 1.12 bits per heavy atom. The van der Waals surface area contributed by atoms with Crippen LogP contribution in [0.3, 0.4) is 0 Å². The van der Waals surface area contributed by atoms with E-state index in [-0.39, 0.29) is 17.2 Å². The van der Waals surface area contributed by atoms with E-state index in [0.29, 0.717) is 21.7 Å². The number of nitrogens with one attached hydrogen (secondary N) is 1. The van der Waals surface area contributed by atoms with Crippen molar-refractivity contribution in [3.63, 3.8) is 0 Å². The number of carbonyl (C=O) groups excluding carboxylic acids is 1. The molecule has 0 spiro atoms. The van der Waals surface area contributed by atoms with Gasteiger partial charge in [-0.1, -0.05) is 35.9 Å². The van der Waals surface area contributed by atoms with Crippen LogP contribution in [0.5, 0.6) is 0 Å². The van der Waals surface area contributed by atoms with Gasteiger partial charge in [-0.25, -0.2) is 0 Å². The van der Waals surface area contributed by atoms with Gasteiger partial charge in [-0.05, 0) is 51.5 Å². The van der Waals surface area contributed by atoms with Crippen molar-refractivity contribution in [1.29, 1.82) is 0 Å². The van der Waals surface area contributed by atoms with Crippen LogP contribution in [0.2, 0.25) is 5.02 Å². The second kappa shape index (κ2) is 9.69. The van der Waals surface area contributed by atoms with Crippen LogP contribution in [0.4, 0.5) is 5.69 Å². The van der Waals surface area contributed by atoms with Crippen LogP contribution in [-0.2, 0) is 30.5 Å². The number of halogens is 1. The van der Waals surface area contributed by atoms with Crippen LogP contribution in [-0.4, -0.2) is 58.0 Å². The molecule has 1 aliphatic rings. The Labute approximate surface area is 206 Å². The van der Waals surface area contributed by atoms with Crippen molar-refractivity contribution < 1.29 is 22.5 Å². The average Bonchev–Trinajstić information content (AvgIpc) is 2.95. The van der Waals surface area contributed by atoms with Crippen LogP contribution in [0.1, 0.15) is 33.3 Å². The first-order chi connectivity index (χ1) is 15.7. The summed E-state index contributed by atoms with van der Waals surface area (Å²) in [5.74, 6) is -0.336. The van der Waals surface area contributed by atoms with Crippen LogP contribution in [0.15, 0.2) is 51.8 Å². The maximum Gasteiger partial charge on any atom is 0.496 e. The number of rotatable bonds is 7. The lowest BCUT2D eigenvalue weighted by atomic mass is 9.79. The van der Waals surface area contributed by atoms with Crippen LogP contribution in [0, 0.1) is 0 Å². The zero-order valence-corrected chi connectivity index (χ0v) is 21.7. The van der Waals surface area contributed by atoms with Crippen molar-refractivity contribution in [1.82, 2.24) is 4.90 Å². The molecular formula is C23H29BClN3O5S. The quantitative estimate of drug-likeness (QED) is 0.353. The molecule has 2 aromatic rings. The Kier molecular flexibility index (Phi) is 7.47. The molecule has 8 nitrogen and oxygen atoms in total. The Morgan fingerprint density at radius 3 is 2.32 bits per heavy atom. The fraction of sp³-hybridized carbons (Fsp3) is 0.391. The van der Waals surface area contributed by atoms with E-state index in [1.165, 1.54) is 17.3 Å². The normalized spacial score (nSPS) is 17.2. The molecule has 0 atom stereocenters. The first kappa shape index (κ1) is 26.2. The van der Waals surface area contributed by atoms with Gasteiger partial charge in [0.05, 0.1) is 22.5 Å². The third kappa shape index (κ3) is 5.80. The minimum Gasteiger partial charge on any atom is -0.399 e. The van der Waals surface area contributed by atoms with Crippen molar-refractivity contribution in [2.75, 3.05) is 19.4 Å². The van der Waals surface area contributed by atoms with Crippen LogP contribution in [0.25, 0.3) is 0 Å². The highest BCUT2D eigenvalue weighted by Crippen LogP contribution is 2.37. The standard InChI is InChI=1S/C23H29BClN3O5S/c1-22(2)23(3,4)33-24(32-22)18-12-11-17(14-20(18)34(30,31)26-15-28(5)6)27-21(29)13-16-9-7-8-10-19(16)25/h7-12,14-15H,13H2,1-6H3,(H,27,29)/b26-15+. The summed E-state index contributed by atoms with van der Waals surface area (Å²) in [6.45, 7) is 7.53. The topological polar surface area (TPSA) is 97.3 Å². The fourth-order valence-electron chi connectivity index (χ4n) is 3.23. The summed E-state index contributed by atoms with van der Waals surface area (Å²) in [5.41, 5.74) is -0.0468. The zero-order valence-electron chi connectivity index (χ0n) is 20.1. The molecule has 1 fully saturated rings. The molecule has 34 heavy (non-hydrogen) atoms. The second-order valence-corrected chi connectivity index (χ2v) is 11.3. The molecule has 182 valence electrons. The lowest BCUT2D eigenvalue weighted by Crippen LogP contribution is -2.41. The maximum atomic E-state index is 13.1. The molecule has 11 heteroatoms. The number of hydrogen-bond acceptors (Lipinski definition) is 5. The maximum absolute atomic E-state index is 13.1. The minimum atomic E-state index is -4.13. The van der Waals surface area contributed by atoms with E-state index < -0.39 is 28.3 Å². The molecule has 1 amide bonds. The molecule has 0 radical (unpaired) electrons. The summed E-state index contributed by atoms with van der Waals surface area (Å²) >= 11 is 6.15. The van der Waals surface area contributed by atoms with E-state index in [4.69, 9.17) is 20.9 Å². The average molecular weight is 506 g/mol. The van der Waals surface area contributed by atoms with Gasteiger partial charge in [0.25, 0.3) is 10.0 Å². The summed E-state index contributed by atoms with van der Waals surface area (Å²) in [4.78, 5) is 14.0. The number of anilines is 1. The van der Waals surface area contributed by atoms with Crippen LogP contribution >= 0.6 is 11.6 Å². The monoisotopic (exact) mass is 505 g/mol. The van der Waals surface area contributed by atoms with Gasteiger partial charge in [-0.15, -0.1) is 4.40 Å². The smallest absolute Gasteiger partial charge is 0.399 e. The third-order valence-corrected chi connectivity index (χ3v) is 7.46. The van der Waals surface area contributed by atoms with Gasteiger partial charge in [0.15, 0.2) is 0 Å². The SMILES string of the molecule is CN(C)/C=N/S(=O)(=O)c1cc(NC(=O)Cc2ccccc2Cl)ccc1B1OC(C)(C)C(C)(C)O1. The number of hydrogen-bond donors (Lipinski definition) is 1. The highest BCUT2D eigenvalue weighted by atomic mass is 35.5. The summed E-state index contributed by atoms with van der Waals surface area (Å²) < 4.78 is 42.2. The second-order valence-electron chi connectivity index (χ2n) is 9.32. The zero-order chi connectivity index (χ0) is 25.3. The predicted octanol–water partition coefficient (Wildman–Crippen LogP) is 3.10. The van der Waals surface area contributed by atoms with Crippen molar-refractivity contribution in [3.8, 4) is 0 Å². The summed E-state index contributed by atoms with van der Waals surface area (Å²) in [6.07, 6.45) is 1.24. The van der Waals surface area contributed by atoms with E-state index in [1.807, 2.05) is 27.7 Å². The number of nitrogens with zero attached hydrogens (tertiary/aromatic N) is 2. The Bertz CT molecular complexity index is 1200. The molecular weight excluding hydrogens is 477 g/mol. The summed E-state index contributed by atoms with van der Waals surface area (Å²) in [6, 6.07) is 11.6. The highest BCUT2D eigenvalue weighted by molar-refractivity contribution is 7.90. The lowest BCUT2D eigenvalue weighted by molar-refractivity contribution is -0.115. The van der Waals surface area contributed by atoms with E-state index in [1.54, 1.807) is 50.5 Å². The molecule has 0 aromatic heterocycles. The Balaban J connectivity index is 1.97. The molecule has 0 aliphatic carbocycles. The van der Waals surface area contributed by atoms with Crippen molar-refractivity contribution >= 4 is 52.1 Å². The molecule has 0 unspecified atom stereocenters. The molecule has 1 heterocycles. The van der Waals surface area contributed by atoms with Gasteiger partial charge in [0.2, 0.25) is 5.91 Å². The van der Waals surface area contributed by atoms with E-state index in [2.05, 4.69) is 9.71 Å². The molecule has 3 rings (SSSR count). The summed E-state index contributed by atoms with van der Waals surface area (Å²) in [7, 11) is -1.71. The van der Waals surface area contributed by atoms with Gasteiger partial charge in [-0.2, -0.15) is 8.42 Å². The molecule has 2 aromatic carbocycles. The van der Waals surface area contributed by atoms with Crippen molar-refractivity contribution in [2.45, 2.75) is 50.2 Å². The number of carbonyl (C=O) groups is 1. The molecule has 0 bridgehead atoms. The lowest BCUT2D eigenvalue weighted by Gasteiger charge is -2.32. The molecule has 1 saturated heterocycles. The van der Waals surface area contributed by atoms with E-state index >= 15 is 0 Å². The molecule has 1 aliphatic heterocycles. The predicted molar refractivity (Wildman–Crippen MR) is 135 cm³/mol. The first-order valence-corrected chi connectivity index (χ1v) is 12.5. The number of sulfonamides is 1. The van der Waals surface area contributed by atoms with Crippen molar-refractivity contribution in [2.24, 2.45) is 4.40 Å². The van der Waals surface area contributed by atoms with Gasteiger partial charge in [0, 0.05) is 30.3 Å². The van der Waals surface area contributed by atoms with Crippen LogP contribution < -0.4 is 10.8 Å². The van der Waals surface area contributed by atoms with Gasteiger partial charge < -0.3 is 19.5 Å².